The summed E-state index contributed by atoms with van der Waals surface area (Å²) >= 11 is 0. The Morgan fingerprint density at radius 3 is 2.92 bits per heavy atom. The summed E-state index contributed by atoms with van der Waals surface area (Å²) in [6.07, 6.45) is 0. The van der Waals surface area contributed by atoms with E-state index in [0.29, 0.717) is 0 Å². The lowest BCUT2D eigenvalue weighted by Crippen LogP contribution is -2.40. The molecule has 0 N–H and O–H groups in total. The average molecular weight is 165 g/mol. The molecule has 0 amide bonds. The van der Waals surface area contributed by atoms with Crippen molar-refractivity contribution < 1.29 is 0 Å². The van der Waals surface area contributed by atoms with Crippen molar-refractivity contribution in [1.29, 1.82) is 0 Å². The Kier molecular flexibility index (Phi) is 0.305. The summed E-state index contributed by atoms with van der Waals surface area (Å²) < 4.78 is 0. The first-order chi connectivity index (χ1) is 5.91. The molecule has 12 heavy (non-hydrogen) atoms. The van der Waals surface area contributed by atoms with Gasteiger partial charge in [-0.1, -0.05) is 5.20 Å². The number of rotatable bonds is 0. The van der Waals surface area contributed by atoms with E-state index in [9.17, 15) is 0 Å². The monoisotopic (exact) mass is 165 g/mol. The molecule has 0 spiro atoms. The van der Waals surface area contributed by atoms with Gasteiger partial charge in [-0.05, 0) is 45.5 Å². The Morgan fingerprint density at radius 2 is 2.00 bits per heavy atom. The summed E-state index contributed by atoms with van der Waals surface area (Å²) in [5.74, 6) is 0.914. The van der Waals surface area contributed by atoms with Gasteiger partial charge in [0.25, 0.3) is 0 Å². The summed E-state index contributed by atoms with van der Waals surface area (Å²) in [4.78, 5) is 0. The highest BCUT2D eigenvalue weighted by Gasteiger charge is 2.72. The van der Waals surface area contributed by atoms with Gasteiger partial charge < -0.3 is 0 Å². The third-order valence-electron chi connectivity index (χ3n) is 4.57. The Hall–Kier alpha value is -0.823. The Morgan fingerprint density at radius 1 is 1.08 bits per heavy atom. The molecule has 1 radical (unpaired) electrons. The maximum atomic E-state index is 2.42. The van der Waals surface area contributed by atoms with E-state index in [1.165, 1.54) is 0 Å². The largest absolute Gasteiger partial charge is 0.129 e. The molecule has 1 aromatic carbocycles. The van der Waals surface area contributed by atoms with Crippen molar-refractivity contribution in [2.24, 2.45) is 0 Å². The van der Waals surface area contributed by atoms with E-state index in [1.807, 2.05) is 32.6 Å². The normalized spacial score (nSPS) is 37.8. The molecule has 3 aliphatic carbocycles. The molecular weight excluding hydrogens is 160 g/mol. The van der Waals surface area contributed by atoms with Crippen molar-refractivity contribution in [3.8, 4) is 0 Å². The Balaban J connectivity index is 2.13. The molecule has 2 atom stereocenters. The minimum absolute atomic E-state index is 0.113. The molecule has 0 saturated carbocycles. The van der Waals surface area contributed by atoms with Gasteiger partial charge in [0.15, 0.2) is 0 Å². The molecule has 2 heterocycles. The third-order valence-corrected chi connectivity index (χ3v) is 7.86. The predicted molar refractivity (Wildman–Crippen MR) is 48.1 cm³/mol. The Labute approximate surface area is 71.5 Å². The van der Waals surface area contributed by atoms with Crippen LogP contribution in [0.1, 0.15) is 46.2 Å². The highest BCUT2D eigenvalue weighted by atomic mass is 28.3. The number of hydrogen-bond acceptors (Lipinski definition) is 0. The van der Waals surface area contributed by atoms with Crippen molar-refractivity contribution in [3.05, 3.63) is 33.0 Å². The van der Waals surface area contributed by atoms with Gasteiger partial charge >= 0.3 is 0 Å². The van der Waals surface area contributed by atoms with Gasteiger partial charge in [0.2, 0.25) is 0 Å². The highest BCUT2D eigenvalue weighted by Crippen LogP contribution is 2.78. The molecule has 2 unspecified atom stereocenters. The number of fused-ring (bicyclic) bond motifs is 5. The molecule has 2 aliphatic heterocycles. The van der Waals surface area contributed by atoms with Crippen LogP contribution in [-0.4, -0.2) is 8.80 Å². The highest BCUT2D eigenvalue weighted by molar-refractivity contribution is 6.92. The molecule has 0 aromatic heterocycles. The van der Waals surface area contributed by atoms with E-state index < -0.39 is 0 Å². The molecular formula is C11H5Si. The van der Waals surface area contributed by atoms with Gasteiger partial charge in [-0.3, -0.25) is 0 Å². The average Bonchev–Trinajstić information content (AvgIpc) is 2.72. The van der Waals surface area contributed by atoms with Gasteiger partial charge in [0.05, 0.1) is 0 Å². The minimum Gasteiger partial charge on any atom is -0.0746 e. The molecule has 1 heteroatoms. The van der Waals surface area contributed by atoms with Crippen LogP contribution < -0.4 is 5.19 Å². The fourth-order valence-electron chi connectivity index (χ4n) is 4.10. The van der Waals surface area contributed by atoms with E-state index in [0.717, 1.165) is 11.5 Å². The molecule has 6 rings (SSSR count). The van der Waals surface area contributed by atoms with Crippen LogP contribution in [0.2, 0.25) is 0 Å². The Bertz CT molecular complexity index is 592. The van der Waals surface area contributed by atoms with Gasteiger partial charge in [-0.15, -0.1) is 0 Å². The molecule has 1 aromatic rings. The van der Waals surface area contributed by atoms with Gasteiger partial charge in [0, 0.05) is 11.5 Å². The van der Waals surface area contributed by atoms with E-state index in [4.69, 9.17) is 0 Å². The third kappa shape index (κ3) is 0.175. The topological polar surface area (TPSA) is 0 Å². The standard InChI is InChI=1S/C11H5Si/c1-2-3-4-5-6(4)8-9-10(7(3)5)12(2)11(8)9/h4,11H,1H3. The first-order valence-corrected chi connectivity index (χ1v) is 6.31. The zero-order chi connectivity index (χ0) is 7.35. The van der Waals surface area contributed by atoms with Gasteiger partial charge in [0.1, 0.15) is 8.80 Å². The minimum atomic E-state index is -0.113. The van der Waals surface area contributed by atoms with Crippen molar-refractivity contribution in [1.82, 2.24) is 0 Å². The smallest absolute Gasteiger partial charge is 0.0746 e. The lowest BCUT2D eigenvalue weighted by atomic mass is 9.90. The molecule has 0 bridgehead atoms. The van der Waals surface area contributed by atoms with E-state index in [1.54, 1.807) is 11.1 Å². The molecule has 0 saturated heterocycles. The zero-order valence-electron chi connectivity index (χ0n) is 6.65. The van der Waals surface area contributed by atoms with Crippen molar-refractivity contribution >= 4 is 19.6 Å². The first-order valence-electron chi connectivity index (χ1n) is 4.73. The van der Waals surface area contributed by atoms with Crippen LogP contribution in [0.5, 0.6) is 0 Å². The second kappa shape index (κ2) is 0.828. The summed E-state index contributed by atoms with van der Waals surface area (Å²) in [6.45, 7) is 2.42. The quantitative estimate of drug-likeness (QED) is 0.506. The van der Waals surface area contributed by atoms with Crippen molar-refractivity contribution in [3.63, 3.8) is 0 Å². The number of allylic oxidation sites excluding steroid dienone is 2. The lowest BCUT2D eigenvalue weighted by Gasteiger charge is -2.18. The van der Waals surface area contributed by atoms with E-state index in [-0.39, 0.29) is 8.80 Å². The summed E-state index contributed by atoms with van der Waals surface area (Å²) in [5.41, 5.74) is 12.0. The maximum absolute atomic E-state index is 2.42. The lowest BCUT2D eigenvalue weighted by molar-refractivity contribution is 1.23. The summed E-state index contributed by atoms with van der Waals surface area (Å²) in [7, 11) is -0.113. The molecule has 0 fully saturated rings. The maximum Gasteiger partial charge on any atom is 0.129 e. The SMILES string of the molecule is CC1=C2c3c4c(c5c6c3[Si]1C56)C24. The van der Waals surface area contributed by atoms with Crippen molar-refractivity contribution in [2.75, 3.05) is 0 Å². The van der Waals surface area contributed by atoms with Crippen molar-refractivity contribution in [2.45, 2.75) is 18.4 Å². The van der Waals surface area contributed by atoms with Gasteiger partial charge in [-0.25, -0.2) is 0 Å². The van der Waals surface area contributed by atoms with Crippen LogP contribution in [0, 0.1) is 0 Å². The fraction of sp³-hybridized carbons (Fsp3) is 0.273. The van der Waals surface area contributed by atoms with Crippen LogP contribution in [0.4, 0.5) is 0 Å². The first kappa shape index (κ1) is 4.42. The molecule has 5 aliphatic rings. The molecule has 53 valence electrons. The fourth-order valence-corrected chi connectivity index (χ4v) is 7.74. The van der Waals surface area contributed by atoms with Crippen LogP contribution in [0.3, 0.4) is 0 Å². The number of hydrogen-bond donors (Lipinski definition) is 0. The summed E-state index contributed by atoms with van der Waals surface area (Å²) in [6, 6.07) is 0. The van der Waals surface area contributed by atoms with Gasteiger partial charge in [-0.2, -0.15) is 0 Å². The van der Waals surface area contributed by atoms with E-state index in [2.05, 4.69) is 6.92 Å². The predicted octanol–water partition coefficient (Wildman–Crippen LogP) is 1.17. The van der Waals surface area contributed by atoms with Crippen LogP contribution in [0.15, 0.2) is 5.20 Å². The second-order valence-electron chi connectivity index (χ2n) is 4.72. The van der Waals surface area contributed by atoms with Crippen LogP contribution in [-0.2, 0) is 0 Å². The summed E-state index contributed by atoms with van der Waals surface area (Å²) in [5, 5.41) is 3.73. The number of benzene rings is 1. The zero-order valence-corrected chi connectivity index (χ0v) is 7.65. The van der Waals surface area contributed by atoms with Crippen LogP contribution >= 0.6 is 0 Å². The van der Waals surface area contributed by atoms with Crippen LogP contribution in [0.25, 0.3) is 5.57 Å². The second-order valence-corrected chi connectivity index (χ2v) is 7.38. The van der Waals surface area contributed by atoms with E-state index >= 15 is 0 Å². The molecule has 0 nitrogen and oxygen atoms in total.